The molecule has 0 unspecified atom stereocenters. The number of nitrogens with one attached hydrogen (secondary N) is 3. The van der Waals surface area contributed by atoms with Crippen molar-refractivity contribution in [2.24, 2.45) is 0 Å². The Morgan fingerprint density at radius 1 is 1.15 bits per heavy atom. The van der Waals surface area contributed by atoms with Gasteiger partial charge < -0.3 is 10.2 Å². The van der Waals surface area contributed by atoms with E-state index in [0.29, 0.717) is 0 Å². The van der Waals surface area contributed by atoms with E-state index in [1.165, 1.54) is 10.5 Å². The van der Waals surface area contributed by atoms with Crippen LogP contribution in [0, 0.1) is 0 Å². The fourth-order valence-corrected chi connectivity index (χ4v) is 3.83. The third kappa shape index (κ3) is 5.07. The number of hydrogen-bond donors (Lipinski definition) is 2. The van der Waals surface area contributed by atoms with Crippen LogP contribution in [-0.4, -0.2) is 38.1 Å². The monoisotopic (exact) mass is 368 g/mol. The second-order valence-electron chi connectivity index (χ2n) is 7.38. The molecule has 1 aromatic carbocycles. The second-order valence-corrected chi connectivity index (χ2v) is 7.38. The lowest BCUT2D eigenvalue weighted by Gasteiger charge is -2.32. The highest BCUT2D eigenvalue weighted by Crippen LogP contribution is 2.18. The molecule has 1 saturated heterocycles. The van der Waals surface area contributed by atoms with Crippen molar-refractivity contribution in [1.82, 2.24) is 5.32 Å². The third-order valence-corrected chi connectivity index (χ3v) is 5.54. The summed E-state index contributed by atoms with van der Waals surface area (Å²) in [5.41, 5.74) is 1.19. The van der Waals surface area contributed by atoms with Gasteiger partial charge >= 0.3 is 0 Å². The number of pyridine rings is 1. The van der Waals surface area contributed by atoms with Crippen LogP contribution in [0.4, 0.5) is 5.82 Å². The number of hydrogen-bond acceptors (Lipinski definition) is 2. The number of nitrogens with zero attached hydrogens (tertiary/aromatic N) is 1. The fraction of sp³-hybridized carbons (Fsp3) is 0.455. The molecule has 0 spiro atoms. The van der Waals surface area contributed by atoms with Gasteiger partial charge in [-0.2, -0.15) is 0 Å². The van der Waals surface area contributed by atoms with Crippen LogP contribution in [0.1, 0.15) is 38.3 Å². The number of aromatic amines is 1. The smallest absolute Gasteiger partial charge is 0.278 e. The Hall–Kier alpha value is -2.40. The number of carbonyl (C=O) groups excluding carboxylic acids is 1. The maximum atomic E-state index is 12.9. The molecule has 5 nitrogen and oxygen atoms in total. The van der Waals surface area contributed by atoms with Gasteiger partial charge in [-0.05, 0) is 25.0 Å². The Labute approximate surface area is 162 Å². The van der Waals surface area contributed by atoms with Crippen LogP contribution >= 0.6 is 0 Å². The van der Waals surface area contributed by atoms with Crippen molar-refractivity contribution < 1.29 is 14.7 Å². The second kappa shape index (κ2) is 9.51. The summed E-state index contributed by atoms with van der Waals surface area (Å²) in [5.74, 6) is 1.31. The lowest BCUT2D eigenvalue weighted by molar-refractivity contribution is -0.914. The van der Waals surface area contributed by atoms with Gasteiger partial charge in [-0.15, -0.1) is 0 Å². The molecule has 3 rings (SSSR count). The number of aromatic nitrogens is 1. The molecule has 2 heterocycles. The number of quaternary nitrogens is 1. The maximum Gasteiger partial charge on any atom is 0.278 e. The van der Waals surface area contributed by atoms with Gasteiger partial charge in [0.25, 0.3) is 11.7 Å². The lowest BCUT2D eigenvalue weighted by Crippen LogP contribution is -3.19. The quantitative estimate of drug-likeness (QED) is 0.773. The maximum absolute atomic E-state index is 12.9. The Balaban J connectivity index is 1.55. The number of benzene rings is 1. The van der Waals surface area contributed by atoms with E-state index < -0.39 is 0 Å². The van der Waals surface area contributed by atoms with Crippen molar-refractivity contribution >= 4 is 11.7 Å². The standard InChI is InChI=1S/C22H30N4O/c1-3-9-20(19-10-5-4-6-11-19)24-22(27)18(2)25-14-16-26(17-15-25)21-12-7-8-13-23-21/h4-8,10-13,18,20H,3,9,14-17H2,1-2H3,(H,24,27)/p+2/t18-,20-/m1/s1. The fourth-order valence-electron chi connectivity index (χ4n) is 3.83. The number of piperazine rings is 1. The molecule has 1 aliphatic heterocycles. The van der Waals surface area contributed by atoms with Gasteiger partial charge in [0, 0.05) is 6.07 Å². The molecule has 2 aromatic rings. The van der Waals surface area contributed by atoms with Gasteiger partial charge in [0.1, 0.15) is 26.2 Å². The zero-order valence-electron chi connectivity index (χ0n) is 16.4. The highest BCUT2D eigenvalue weighted by atomic mass is 16.2. The summed E-state index contributed by atoms with van der Waals surface area (Å²) in [5, 5.41) is 3.29. The van der Waals surface area contributed by atoms with Crippen molar-refractivity contribution in [2.75, 3.05) is 31.1 Å². The minimum Gasteiger partial charge on any atom is -0.344 e. The molecule has 3 N–H and O–H groups in total. The molecule has 1 aliphatic rings. The van der Waals surface area contributed by atoms with Crippen LogP contribution in [0.5, 0.6) is 0 Å². The zero-order chi connectivity index (χ0) is 19.1. The molecule has 0 saturated carbocycles. The largest absolute Gasteiger partial charge is 0.344 e. The van der Waals surface area contributed by atoms with Gasteiger partial charge in [-0.3, -0.25) is 9.69 Å². The molecular formula is C22H32N4O+2. The first kappa shape index (κ1) is 19.4. The first-order valence-electron chi connectivity index (χ1n) is 10.1. The number of carbonyl (C=O) groups is 1. The van der Waals surface area contributed by atoms with Gasteiger partial charge in [0.05, 0.1) is 12.2 Å². The average molecular weight is 369 g/mol. The Morgan fingerprint density at radius 3 is 2.48 bits per heavy atom. The molecule has 5 heteroatoms. The Morgan fingerprint density at radius 2 is 1.85 bits per heavy atom. The molecule has 1 amide bonds. The van der Waals surface area contributed by atoms with E-state index in [-0.39, 0.29) is 18.0 Å². The first-order valence-corrected chi connectivity index (χ1v) is 10.1. The van der Waals surface area contributed by atoms with Gasteiger partial charge in [-0.25, -0.2) is 4.98 Å². The predicted octanol–water partition coefficient (Wildman–Crippen LogP) is 1.25. The SMILES string of the molecule is CCC[C@@H](NC(=O)[C@@H](C)[NH+]1CCN(c2cccc[nH+]2)CC1)c1ccccc1. The van der Waals surface area contributed by atoms with Crippen LogP contribution in [0.2, 0.25) is 0 Å². The van der Waals surface area contributed by atoms with Crippen molar-refractivity contribution in [3.05, 3.63) is 60.3 Å². The van der Waals surface area contributed by atoms with Crippen LogP contribution < -0.4 is 20.1 Å². The van der Waals surface area contributed by atoms with E-state index in [9.17, 15) is 4.79 Å². The number of H-pyrrole nitrogens is 1. The number of anilines is 1. The van der Waals surface area contributed by atoms with Crippen molar-refractivity contribution in [3.63, 3.8) is 0 Å². The van der Waals surface area contributed by atoms with E-state index in [1.807, 2.05) is 30.5 Å². The molecule has 0 aliphatic carbocycles. The van der Waals surface area contributed by atoms with E-state index in [1.54, 1.807) is 0 Å². The van der Waals surface area contributed by atoms with E-state index >= 15 is 0 Å². The topological polar surface area (TPSA) is 50.9 Å². The average Bonchev–Trinajstić information content (AvgIpc) is 2.74. The Kier molecular flexibility index (Phi) is 6.82. The van der Waals surface area contributed by atoms with Crippen molar-refractivity contribution in [1.29, 1.82) is 0 Å². The van der Waals surface area contributed by atoms with E-state index in [0.717, 1.165) is 44.8 Å². The van der Waals surface area contributed by atoms with E-state index in [4.69, 9.17) is 0 Å². The summed E-state index contributed by atoms with van der Waals surface area (Å²) in [6.07, 6.45) is 3.98. The van der Waals surface area contributed by atoms with Crippen molar-refractivity contribution in [2.45, 2.75) is 38.8 Å². The minimum absolute atomic E-state index is 0.0324. The number of rotatable bonds is 7. The zero-order valence-corrected chi connectivity index (χ0v) is 16.4. The Bertz CT molecular complexity index is 699. The highest BCUT2D eigenvalue weighted by molar-refractivity contribution is 5.80. The highest BCUT2D eigenvalue weighted by Gasteiger charge is 2.33. The van der Waals surface area contributed by atoms with Crippen LogP contribution in [-0.2, 0) is 4.79 Å². The van der Waals surface area contributed by atoms with Gasteiger partial charge in [0.15, 0.2) is 6.04 Å². The summed E-state index contributed by atoms with van der Waals surface area (Å²) >= 11 is 0. The van der Waals surface area contributed by atoms with Gasteiger partial charge in [0.2, 0.25) is 0 Å². The molecule has 1 fully saturated rings. The molecule has 0 bridgehead atoms. The molecule has 144 valence electrons. The summed E-state index contributed by atoms with van der Waals surface area (Å²) in [7, 11) is 0. The normalized spacial score (nSPS) is 17.3. The summed E-state index contributed by atoms with van der Waals surface area (Å²) in [6.45, 7) is 8.09. The first-order chi connectivity index (χ1) is 13.2. The molecule has 2 atom stereocenters. The summed E-state index contributed by atoms with van der Waals surface area (Å²) in [4.78, 5) is 19.9. The molecule has 1 aromatic heterocycles. The lowest BCUT2D eigenvalue weighted by atomic mass is 10.0. The summed E-state index contributed by atoms with van der Waals surface area (Å²) < 4.78 is 0. The van der Waals surface area contributed by atoms with Crippen LogP contribution in [0.15, 0.2) is 54.7 Å². The molecular weight excluding hydrogens is 336 g/mol. The molecule has 0 radical (unpaired) electrons. The minimum atomic E-state index is -0.0324. The predicted molar refractivity (Wildman–Crippen MR) is 108 cm³/mol. The van der Waals surface area contributed by atoms with E-state index in [2.05, 4.69) is 53.3 Å². The van der Waals surface area contributed by atoms with Gasteiger partial charge in [-0.1, -0.05) is 49.7 Å². The van der Waals surface area contributed by atoms with Crippen LogP contribution in [0.3, 0.4) is 0 Å². The van der Waals surface area contributed by atoms with Crippen LogP contribution in [0.25, 0.3) is 0 Å². The summed E-state index contributed by atoms with van der Waals surface area (Å²) in [6, 6.07) is 16.5. The molecule has 27 heavy (non-hydrogen) atoms. The third-order valence-electron chi connectivity index (χ3n) is 5.54. The number of amides is 1. The van der Waals surface area contributed by atoms with Crippen molar-refractivity contribution in [3.8, 4) is 0 Å².